The van der Waals surface area contributed by atoms with Crippen LogP contribution in [0.3, 0.4) is 0 Å². The van der Waals surface area contributed by atoms with Gasteiger partial charge in [-0.25, -0.2) is 4.98 Å². The van der Waals surface area contributed by atoms with E-state index in [4.69, 9.17) is 14.4 Å². The molecule has 0 unspecified atom stereocenters. The first-order chi connectivity index (χ1) is 19.8. The molecular formula is C38H37N2O2Pt-. The zero-order valence-electron chi connectivity index (χ0n) is 26.0. The van der Waals surface area contributed by atoms with Crippen LogP contribution in [-0.4, -0.2) is 15.1 Å². The molecule has 222 valence electrons. The number of hydrogen-bond donors (Lipinski definition) is 1. The van der Waals surface area contributed by atoms with Crippen LogP contribution in [0, 0.1) is 19.9 Å². The maximum absolute atomic E-state index is 10.8. The fraction of sp³-hybridized carbons (Fsp3) is 0.263. The molecule has 2 aromatic heterocycles. The summed E-state index contributed by atoms with van der Waals surface area (Å²) in [5.74, 6) is 0.552. The molecule has 0 aliphatic rings. The zero-order valence-corrected chi connectivity index (χ0v) is 28.3. The van der Waals surface area contributed by atoms with Gasteiger partial charge in [0.1, 0.15) is 11.3 Å². The molecule has 0 radical (unpaired) electrons. The summed E-state index contributed by atoms with van der Waals surface area (Å²) in [5.41, 5.74) is 11.3. The minimum absolute atomic E-state index is 0. The van der Waals surface area contributed by atoms with Gasteiger partial charge < -0.3 is 9.52 Å². The third kappa shape index (κ3) is 5.78. The van der Waals surface area contributed by atoms with Crippen LogP contribution < -0.4 is 0 Å². The summed E-state index contributed by atoms with van der Waals surface area (Å²) in [5, 5.41) is 12.0. The first kappa shape index (κ1) is 30.7. The maximum Gasteiger partial charge on any atom is 0.230 e. The molecule has 43 heavy (non-hydrogen) atoms. The maximum atomic E-state index is 10.8. The summed E-state index contributed by atoms with van der Waals surface area (Å²) in [6.45, 7) is 17.3. The molecule has 0 amide bonds. The molecule has 6 rings (SSSR count). The predicted molar refractivity (Wildman–Crippen MR) is 173 cm³/mol. The van der Waals surface area contributed by atoms with Gasteiger partial charge in [0.15, 0.2) is 0 Å². The van der Waals surface area contributed by atoms with Gasteiger partial charge >= 0.3 is 0 Å². The van der Waals surface area contributed by atoms with Gasteiger partial charge in [0, 0.05) is 32.8 Å². The Morgan fingerprint density at radius 1 is 0.721 bits per heavy atom. The Kier molecular flexibility index (Phi) is 7.90. The normalized spacial score (nSPS) is 12.1. The average molecular weight is 749 g/mol. The largest absolute Gasteiger partial charge is 0.507 e. The summed E-state index contributed by atoms with van der Waals surface area (Å²) < 4.78 is 6.41. The number of nitrogens with zero attached hydrogens (tertiary/aromatic N) is 2. The van der Waals surface area contributed by atoms with Crippen molar-refractivity contribution in [3.05, 3.63) is 101 Å². The van der Waals surface area contributed by atoms with Gasteiger partial charge in [-0.1, -0.05) is 82.5 Å². The van der Waals surface area contributed by atoms with E-state index >= 15 is 0 Å². The summed E-state index contributed by atoms with van der Waals surface area (Å²) in [4.78, 5) is 9.74. The molecule has 2 heterocycles. The summed E-state index contributed by atoms with van der Waals surface area (Å²) in [6.07, 6.45) is 1.87. The quantitative estimate of drug-likeness (QED) is 0.183. The van der Waals surface area contributed by atoms with E-state index in [2.05, 4.69) is 110 Å². The number of oxazole rings is 1. The van der Waals surface area contributed by atoms with Crippen LogP contribution in [0.4, 0.5) is 0 Å². The molecule has 4 nitrogen and oxygen atoms in total. The average Bonchev–Trinajstić information content (AvgIpc) is 3.36. The molecule has 0 spiro atoms. The first-order valence-corrected chi connectivity index (χ1v) is 14.5. The second-order valence-corrected chi connectivity index (χ2v) is 13.4. The first-order valence-electron chi connectivity index (χ1n) is 14.5. The summed E-state index contributed by atoms with van der Waals surface area (Å²) >= 11 is 0. The monoisotopic (exact) mass is 748 g/mol. The van der Waals surface area contributed by atoms with E-state index in [1.807, 2.05) is 18.3 Å². The smallest absolute Gasteiger partial charge is 0.230 e. The number of benzene rings is 4. The van der Waals surface area contributed by atoms with E-state index in [1.54, 1.807) is 6.07 Å². The van der Waals surface area contributed by atoms with Crippen LogP contribution in [-0.2, 0) is 31.9 Å². The Morgan fingerprint density at radius 3 is 2.05 bits per heavy atom. The Balaban J connectivity index is 0.00000368. The molecule has 5 heteroatoms. The molecule has 0 aliphatic carbocycles. The van der Waals surface area contributed by atoms with Crippen molar-refractivity contribution in [3.8, 4) is 39.5 Å². The molecular weight excluding hydrogens is 712 g/mol. The Morgan fingerprint density at radius 2 is 1.37 bits per heavy atom. The minimum atomic E-state index is -0.115. The number of phenolic OH excluding ortho intramolecular Hbond substituents is 1. The van der Waals surface area contributed by atoms with Gasteiger partial charge in [-0.2, -0.15) is 0 Å². The van der Waals surface area contributed by atoms with Crippen LogP contribution in [0.1, 0.15) is 63.8 Å². The van der Waals surface area contributed by atoms with Gasteiger partial charge in [-0.05, 0) is 71.0 Å². The van der Waals surface area contributed by atoms with Crippen molar-refractivity contribution in [1.82, 2.24) is 9.97 Å². The van der Waals surface area contributed by atoms with Crippen LogP contribution in [0.25, 0.3) is 55.7 Å². The number of rotatable bonds is 3. The van der Waals surface area contributed by atoms with Crippen molar-refractivity contribution in [1.29, 1.82) is 0 Å². The van der Waals surface area contributed by atoms with E-state index in [0.29, 0.717) is 17.0 Å². The number of aromatic nitrogens is 2. The van der Waals surface area contributed by atoms with Gasteiger partial charge in [-0.15, -0.1) is 35.4 Å². The van der Waals surface area contributed by atoms with Crippen molar-refractivity contribution in [3.63, 3.8) is 0 Å². The summed E-state index contributed by atoms with van der Waals surface area (Å²) in [6, 6.07) is 26.3. The van der Waals surface area contributed by atoms with Gasteiger partial charge in [0.05, 0.1) is 11.1 Å². The SMILES string of the molecule is Cc1cc(-c2[c-]c(-c3cc(C(C)(C)C)cc4oc(-c5cc(C(C)(C)C)ccc5O)nc34)ccc2)c2nccc(C)c2c1.[Pt]. The van der Waals surface area contributed by atoms with Crippen molar-refractivity contribution in [2.45, 2.75) is 66.2 Å². The number of aryl methyl sites for hydroxylation is 2. The van der Waals surface area contributed by atoms with Crippen molar-refractivity contribution >= 4 is 22.0 Å². The molecule has 0 bridgehead atoms. The number of pyridine rings is 1. The molecule has 6 aromatic rings. The zero-order chi connectivity index (χ0) is 30.0. The fourth-order valence-corrected chi connectivity index (χ4v) is 5.48. The Bertz CT molecular complexity index is 1990. The number of hydrogen-bond acceptors (Lipinski definition) is 4. The minimum Gasteiger partial charge on any atom is -0.507 e. The predicted octanol–water partition coefficient (Wildman–Crippen LogP) is 10.1. The standard InChI is InChI=1S/C38H37N2O2.Pt/c1-22-16-28-23(2)14-15-39-34(28)29(17-22)24-10-9-11-25(18-24)30-20-27(38(6,7)8)21-33-35(30)40-36(42-33)31-19-26(37(3,4)5)12-13-32(31)41;/h9-17,19-21,41H,1-8H3;/q-1;. The van der Waals surface area contributed by atoms with Crippen LogP contribution in [0.15, 0.2) is 77.3 Å². The topological polar surface area (TPSA) is 59.2 Å². The Labute approximate surface area is 268 Å². The molecule has 0 atom stereocenters. The second kappa shape index (κ2) is 11.1. The molecule has 0 saturated carbocycles. The van der Waals surface area contributed by atoms with Crippen LogP contribution >= 0.6 is 0 Å². The second-order valence-electron chi connectivity index (χ2n) is 13.4. The third-order valence-corrected chi connectivity index (χ3v) is 8.04. The Hall–Kier alpha value is -3.75. The van der Waals surface area contributed by atoms with E-state index < -0.39 is 0 Å². The number of phenols is 1. The van der Waals surface area contributed by atoms with Crippen molar-refractivity contribution in [2.24, 2.45) is 0 Å². The molecule has 0 saturated heterocycles. The van der Waals surface area contributed by atoms with E-state index in [-0.39, 0.29) is 37.6 Å². The molecule has 0 aliphatic heterocycles. The van der Waals surface area contributed by atoms with Gasteiger partial charge in [0.25, 0.3) is 0 Å². The molecule has 0 fully saturated rings. The van der Waals surface area contributed by atoms with E-state index in [9.17, 15) is 5.11 Å². The van der Waals surface area contributed by atoms with Crippen LogP contribution in [0.2, 0.25) is 0 Å². The van der Waals surface area contributed by atoms with Gasteiger partial charge in [0.2, 0.25) is 5.89 Å². The molecule has 1 N–H and O–H groups in total. The van der Waals surface area contributed by atoms with Crippen LogP contribution in [0.5, 0.6) is 5.75 Å². The van der Waals surface area contributed by atoms with E-state index in [0.717, 1.165) is 49.8 Å². The van der Waals surface area contributed by atoms with Crippen molar-refractivity contribution in [2.75, 3.05) is 0 Å². The third-order valence-electron chi connectivity index (χ3n) is 8.04. The number of aromatic hydroxyl groups is 1. The van der Waals surface area contributed by atoms with Crippen molar-refractivity contribution < 1.29 is 30.6 Å². The number of fused-ring (bicyclic) bond motifs is 2. The molecule has 4 aromatic carbocycles. The van der Waals surface area contributed by atoms with E-state index in [1.165, 1.54) is 11.1 Å². The summed E-state index contributed by atoms with van der Waals surface area (Å²) in [7, 11) is 0. The van der Waals surface area contributed by atoms with Gasteiger partial charge in [-0.3, -0.25) is 4.98 Å². The fourth-order valence-electron chi connectivity index (χ4n) is 5.48.